The van der Waals surface area contributed by atoms with Crippen molar-refractivity contribution in [3.8, 4) is 0 Å². The van der Waals surface area contributed by atoms with Crippen molar-refractivity contribution >= 4 is 11.9 Å². The second-order valence-corrected chi connectivity index (χ2v) is 4.68. The molecule has 2 rings (SSSR count). The summed E-state index contributed by atoms with van der Waals surface area (Å²) in [6.45, 7) is 7.55. The van der Waals surface area contributed by atoms with Crippen LogP contribution in [0, 0.1) is 0 Å². The van der Waals surface area contributed by atoms with E-state index in [9.17, 15) is 0 Å². The van der Waals surface area contributed by atoms with Gasteiger partial charge in [0.25, 0.3) is 0 Å². The Morgan fingerprint density at radius 2 is 2.20 bits per heavy atom. The molecule has 0 fully saturated rings. The third kappa shape index (κ3) is 4.06. The predicted molar refractivity (Wildman–Crippen MR) is 88.7 cm³/mol. The van der Waals surface area contributed by atoms with Crippen LogP contribution >= 0.6 is 0 Å². The van der Waals surface area contributed by atoms with Gasteiger partial charge in [-0.2, -0.15) is 0 Å². The van der Waals surface area contributed by atoms with Crippen molar-refractivity contribution in [2.75, 3.05) is 0 Å². The fraction of sp³-hybridized carbons (Fsp3) is 0.105. The van der Waals surface area contributed by atoms with Crippen LogP contribution in [0.25, 0.3) is 0 Å². The molecule has 0 N–H and O–H groups in total. The zero-order chi connectivity index (χ0) is 14.2. The Labute approximate surface area is 121 Å². The predicted octanol–water partition coefficient (Wildman–Crippen LogP) is 5.29. The molecule has 1 nitrogen and oxygen atoms in total. The first-order chi connectivity index (χ1) is 9.79. The molecule has 1 aromatic rings. The van der Waals surface area contributed by atoms with Gasteiger partial charge in [-0.3, -0.25) is 4.99 Å². The van der Waals surface area contributed by atoms with Crippen LogP contribution in [-0.4, -0.2) is 6.21 Å². The molecule has 0 unspecified atom stereocenters. The van der Waals surface area contributed by atoms with Gasteiger partial charge in [-0.25, -0.2) is 0 Å². The van der Waals surface area contributed by atoms with Gasteiger partial charge >= 0.3 is 0 Å². The normalized spacial score (nSPS) is 17.9. The Morgan fingerprint density at radius 1 is 1.30 bits per heavy atom. The molecule has 0 bridgehead atoms. The van der Waals surface area contributed by atoms with E-state index in [1.54, 1.807) is 12.3 Å². The van der Waals surface area contributed by atoms with Gasteiger partial charge in [0.2, 0.25) is 0 Å². The molecule has 1 atom stereocenters. The lowest BCUT2D eigenvalue weighted by Crippen LogP contribution is -1.95. The zero-order valence-corrected chi connectivity index (χ0v) is 11.6. The average molecular weight is 261 g/mol. The van der Waals surface area contributed by atoms with Crippen LogP contribution in [0.1, 0.15) is 17.9 Å². The van der Waals surface area contributed by atoms with Crippen LogP contribution in [0.5, 0.6) is 0 Å². The van der Waals surface area contributed by atoms with Crippen molar-refractivity contribution in [1.82, 2.24) is 0 Å². The standard InChI is InChI=1S/C19H19N/c1-3-4-9-16(2)15-20-19-13-8-12-18(14-19)17-10-6-5-7-11-17/h3-10,12-15,17H,1-2,11H2/b9-4-,20-15?/t17-/m1/s1. The molecule has 1 heteroatoms. The maximum atomic E-state index is 4.46. The number of hydrogen-bond donors (Lipinski definition) is 0. The van der Waals surface area contributed by atoms with E-state index in [4.69, 9.17) is 0 Å². The van der Waals surface area contributed by atoms with E-state index in [-0.39, 0.29) is 0 Å². The minimum Gasteiger partial charge on any atom is -0.256 e. The fourth-order valence-corrected chi connectivity index (χ4v) is 2.06. The van der Waals surface area contributed by atoms with Gasteiger partial charge in [0.15, 0.2) is 0 Å². The maximum absolute atomic E-state index is 4.46. The lowest BCUT2D eigenvalue weighted by molar-refractivity contribution is 0.854. The van der Waals surface area contributed by atoms with E-state index in [1.165, 1.54) is 5.56 Å². The molecule has 20 heavy (non-hydrogen) atoms. The third-order valence-electron chi connectivity index (χ3n) is 3.10. The number of hydrogen-bond acceptors (Lipinski definition) is 1. The Balaban J connectivity index is 2.10. The summed E-state index contributed by atoms with van der Waals surface area (Å²) in [6.07, 6.45) is 16.9. The van der Waals surface area contributed by atoms with Crippen LogP contribution in [0.2, 0.25) is 0 Å². The molecule has 0 spiro atoms. The molecule has 0 heterocycles. The van der Waals surface area contributed by atoms with Gasteiger partial charge in [0.05, 0.1) is 5.69 Å². The van der Waals surface area contributed by atoms with Crippen molar-refractivity contribution in [2.45, 2.75) is 12.3 Å². The first-order valence-electron chi connectivity index (χ1n) is 6.75. The van der Waals surface area contributed by atoms with Crippen molar-refractivity contribution in [3.63, 3.8) is 0 Å². The summed E-state index contributed by atoms with van der Waals surface area (Å²) >= 11 is 0. The molecule has 0 amide bonds. The van der Waals surface area contributed by atoms with Crippen LogP contribution in [0.3, 0.4) is 0 Å². The van der Waals surface area contributed by atoms with Gasteiger partial charge in [0.1, 0.15) is 0 Å². The van der Waals surface area contributed by atoms with E-state index in [2.05, 4.69) is 60.7 Å². The highest BCUT2D eigenvalue weighted by molar-refractivity contribution is 5.83. The molecule has 0 saturated heterocycles. The second-order valence-electron chi connectivity index (χ2n) is 4.68. The smallest absolute Gasteiger partial charge is 0.0632 e. The quantitative estimate of drug-likeness (QED) is 0.504. The molecule has 1 aromatic carbocycles. The van der Waals surface area contributed by atoms with Gasteiger partial charge in [-0.1, -0.05) is 67.8 Å². The highest BCUT2D eigenvalue weighted by Crippen LogP contribution is 2.27. The van der Waals surface area contributed by atoms with E-state index < -0.39 is 0 Å². The van der Waals surface area contributed by atoms with Crippen LogP contribution in [0.4, 0.5) is 5.69 Å². The summed E-state index contributed by atoms with van der Waals surface area (Å²) in [5, 5.41) is 0. The number of rotatable bonds is 5. The second kappa shape index (κ2) is 7.25. The molecular formula is C19H19N. The lowest BCUT2D eigenvalue weighted by Gasteiger charge is -2.13. The van der Waals surface area contributed by atoms with Gasteiger partial charge in [0, 0.05) is 12.1 Å². The SMILES string of the molecule is C=C/C=C\C(=C)C=Nc1cccc([C@@H]2C=CC=CC2)c1. The van der Waals surface area contributed by atoms with Crippen LogP contribution in [0.15, 0.2) is 90.5 Å². The van der Waals surface area contributed by atoms with E-state index in [1.807, 2.05) is 18.2 Å². The number of nitrogens with zero attached hydrogens (tertiary/aromatic N) is 1. The minimum absolute atomic E-state index is 0.457. The average Bonchev–Trinajstić information content (AvgIpc) is 2.52. The van der Waals surface area contributed by atoms with Gasteiger partial charge in [-0.05, 0) is 29.7 Å². The van der Waals surface area contributed by atoms with E-state index in [0.29, 0.717) is 5.92 Å². The van der Waals surface area contributed by atoms with Crippen LogP contribution < -0.4 is 0 Å². The number of allylic oxidation sites excluding steroid dienone is 8. The maximum Gasteiger partial charge on any atom is 0.0632 e. The van der Waals surface area contributed by atoms with Crippen molar-refractivity contribution in [2.24, 2.45) is 4.99 Å². The van der Waals surface area contributed by atoms with Crippen LogP contribution in [-0.2, 0) is 0 Å². The molecule has 0 aliphatic heterocycles. The van der Waals surface area contributed by atoms with E-state index >= 15 is 0 Å². The summed E-state index contributed by atoms with van der Waals surface area (Å²) in [7, 11) is 0. The van der Waals surface area contributed by atoms with Crippen molar-refractivity contribution in [3.05, 3.63) is 91.1 Å². The highest BCUT2D eigenvalue weighted by atomic mass is 14.7. The topological polar surface area (TPSA) is 12.4 Å². The Kier molecular flexibility index (Phi) is 5.08. The molecular weight excluding hydrogens is 242 g/mol. The number of benzene rings is 1. The van der Waals surface area contributed by atoms with E-state index in [0.717, 1.165) is 17.7 Å². The molecule has 1 aliphatic carbocycles. The summed E-state index contributed by atoms with van der Waals surface area (Å²) in [6, 6.07) is 8.35. The largest absolute Gasteiger partial charge is 0.256 e. The molecule has 1 aliphatic rings. The molecule has 0 saturated carbocycles. The van der Waals surface area contributed by atoms with Crippen molar-refractivity contribution < 1.29 is 0 Å². The third-order valence-corrected chi connectivity index (χ3v) is 3.10. The van der Waals surface area contributed by atoms with Gasteiger partial charge < -0.3 is 0 Å². The van der Waals surface area contributed by atoms with Gasteiger partial charge in [-0.15, -0.1) is 0 Å². The fourth-order valence-electron chi connectivity index (χ4n) is 2.06. The lowest BCUT2D eigenvalue weighted by atomic mass is 9.92. The Bertz CT molecular complexity index is 600. The highest BCUT2D eigenvalue weighted by Gasteiger charge is 2.08. The summed E-state index contributed by atoms with van der Waals surface area (Å²) in [5.74, 6) is 0.457. The summed E-state index contributed by atoms with van der Waals surface area (Å²) in [5.41, 5.74) is 3.11. The summed E-state index contributed by atoms with van der Waals surface area (Å²) < 4.78 is 0. The monoisotopic (exact) mass is 261 g/mol. The molecule has 0 aromatic heterocycles. The Morgan fingerprint density at radius 3 is 2.95 bits per heavy atom. The zero-order valence-electron chi connectivity index (χ0n) is 11.6. The Hall–Kier alpha value is -2.41. The summed E-state index contributed by atoms with van der Waals surface area (Å²) in [4.78, 5) is 4.46. The minimum atomic E-state index is 0.457. The molecule has 100 valence electrons. The number of aliphatic imine (C=N–C) groups is 1. The first kappa shape index (κ1) is 14.0. The first-order valence-corrected chi connectivity index (χ1v) is 6.75. The molecule has 0 radical (unpaired) electrons. The van der Waals surface area contributed by atoms with Crippen molar-refractivity contribution in [1.29, 1.82) is 0 Å².